The Hall–Kier alpha value is -3.09. The standard InChI is InChI=1S/C16H15N5O2/c1-11-4-3-5-15(6-11)21-9-14(19-20-21)10-23-16-17-7-13(8-18-16)12(2)22/h3-9H,10H2,1-2H3. The van der Waals surface area contributed by atoms with Crippen LogP contribution in [-0.4, -0.2) is 30.7 Å². The fourth-order valence-electron chi connectivity index (χ4n) is 1.97. The summed E-state index contributed by atoms with van der Waals surface area (Å²) in [7, 11) is 0. The van der Waals surface area contributed by atoms with Crippen LogP contribution in [0.3, 0.4) is 0 Å². The number of benzene rings is 1. The molecule has 116 valence electrons. The number of hydrogen-bond acceptors (Lipinski definition) is 6. The molecule has 7 heteroatoms. The highest BCUT2D eigenvalue weighted by atomic mass is 16.5. The first kappa shape index (κ1) is 14.8. The van der Waals surface area contributed by atoms with E-state index >= 15 is 0 Å². The number of hydrogen-bond donors (Lipinski definition) is 0. The van der Waals surface area contributed by atoms with Crippen LogP contribution < -0.4 is 4.74 Å². The van der Waals surface area contributed by atoms with Crippen LogP contribution in [0.15, 0.2) is 42.9 Å². The molecule has 0 aliphatic carbocycles. The molecule has 3 rings (SSSR count). The van der Waals surface area contributed by atoms with Gasteiger partial charge in [0.15, 0.2) is 5.78 Å². The Morgan fingerprint density at radius 2 is 2.04 bits per heavy atom. The molecule has 0 saturated carbocycles. The summed E-state index contributed by atoms with van der Waals surface area (Å²) in [4.78, 5) is 19.1. The normalized spacial score (nSPS) is 10.5. The molecule has 0 radical (unpaired) electrons. The molecule has 0 bridgehead atoms. The lowest BCUT2D eigenvalue weighted by Crippen LogP contribution is -2.02. The van der Waals surface area contributed by atoms with Gasteiger partial charge in [0.2, 0.25) is 0 Å². The van der Waals surface area contributed by atoms with Crippen molar-refractivity contribution >= 4 is 5.78 Å². The SMILES string of the molecule is CC(=O)c1cnc(OCc2cn(-c3cccc(C)c3)nn2)nc1. The maximum atomic E-state index is 11.2. The number of Topliss-reactive ketones (excluding diaryl/α,β-unsaturated/α-hetero) is 1. The second kappa shape index (κ2) is 6.35. The fourth-order valence-corrected chi connectivity index (χ4v) is 1.97. The molecule has 0 aliphatic heterocycles. The molecular weight excluding hydrogens is 294 g/mol. The molecule has 0 fully saturated rings. The summed E-state index contributed by atoms with van der Waals surface area (Å²) in [5, 5.41) is 8.14. The molecule has 1 aromatic carbocycles. The Bertz CT molecular complexity index is 826. The minimum atomic E-state index is -0.0855. The van der Waals surface area contributed by atoms with Crippen molar-refractivity contribution in [1.82, 2.24) is 25.0 Å². The van der Waals surface area contributed by atoms with E-state index < -0.39 is 0 Å². The zero-order valence-electron chi connectivity index (χ0n) is 12.8. The molecule has 3 aromatic rings. The van der Waals surface area contributed by atoms with Crippen molar-refractivity contribution in [3.05, 3.63) is 59.7 Å². The number of aryl methyl sites for hydroxylation is 1. The molecule has 0 spiro atoms. The van der Waals surface area contributed by atoms with Crippen molar-refractivity contribution in [2.75, 3.05) is 0 Å². The van der Waals surface area contributed by atoms with Crippen LogP contribution in [0.5, 0.6) is 6.01 Å². The van der Waals surface area contributed by atoms with Crippen LogP contribution in [0.4, 0.5) is 0 Å². The lowest BCUT2D eigenvalue weighted by Gasteiger charge is -2.02. The summed E-state index contributed by atoms with van der Waals surface area (Å²) in [5.74, 6) is -0.0855. The zero-order valence-corrected chi connectivity index (χ0v) is 12.8. The van der Waals surface area contributed by atoms with E-state index in [0.717, 1.165) is 11.3 Å². The van der Waals surface area contributed by atoms with Gasteiger partial charge in [0, 0.05) is 12.4 Å². The molecule has 2 heterocycles. The molecule has 0 saturated heterocycles. The smallest absolute Gasteiger partial charge is 0.316 e. The average molecular weight is 309 g/mol. The molecule has 0 unspecified atom stereocenters. The van der Waals surface area contributed by atoms with Crippen LogP contribution in [0.2, 0.25) is 0 Å². The molecule has 0 atom stereocenters. The number of aromatic nitrogens is 5. The number of carbonyl (C=O) groups excluding carboxylic acids is 1. The van der Waals surface area contributed by atoms with Crippen molar-refractivity contribution in [1.29, 1.82) is 0 Å². The van der Waals surface area contributed by atoms with Gasteiger partial charge in [0.25, 0.3) is 0 Å². The van der Waals surface area contributed by atoms with E-state index in [0.29, 0.717) is 11.3 Å². The average Bonchev–Trinajstić information content (AvgIpc) is 3.02. The van der Waals surface area contributed by atoms with Gasteiger partial charge in [-0.25, -0.2) is 14.6 Å². The zero-order chi connectivity index (χ0) is 16.2. The predicted octanol–water partition coefficient (Wildman–Crippen LogP) is 2.15. The summed E-state index contributed by atoms with van der Waals surface area (Å²) in [6, 6.07) is 8.15. The Morgan fingerprint density at radius 1 is 1.26 bits per heavy atom. The van der Waals surface area contributed by atoms with E-state index in [1.807, 2.05) is 31.2 Å². The van der Waals surface area contributed by atoms with Crippen LogP contribution in [0.1, 0.15) is 28.5 Å². The third-order valence-corrected chi connectivity index (χ3v) is 3.19. The van der Waals surface area contributed by atoms with Gasteiger partial charge < -0.3 is 4.74 Å². The van der Waals surface area contributed by atoms with E-state index in [1.54, 1.807) is 10.9 Å². The molecule has 0 N–H and O–H groups in total. The first-order valence-corrected chi connectivity index (χ1v) is 7.06. The molecule has 0 aliphatic rings. The highest BCUT2D eigenvalue weighted by Gasteiger charge is 2.06. The van der Waals surface area contributed by atoms with Gasteiger partial charge in [-0.2, -0.15) is 0 Å². The summed E-state index contributed by atoms with van der Waals surface area (Å²) in [6.07, 6.45) is 4.67. The van der Waals surface area contributed by atoms with Gasteiger partial charge in [-0.3, -0.25) is 4.79 Å². The Balaban J connectivity index is 1.66. The number of ketones is 1. The van der Waals surface area contributed by atoms with Gasteiger partial charge in [0.1, 0.15) is 12.3 Å². The third-order valence-electron chi connectivity index (χ3n) is 3.19. The highest BCUT2D eigenvalue weighted by Crippen LogP contribution is 2.10. The van der Waals surface area contributed by atoms with Crippen LogP contribution in [0, 0.1) is 6.92 Å². The number of carbonyl (C=O) groups is 1. The third kappa shape index (κ3) is 3.57. The molecular formula is C16H15N5O2. The first-order valence-electron chi connectivity index (χ1n) is 7.06. The van der Waals surface area contributed by atoms with Crippen molar-refractivity contribution in [2.24, 2.45) is 0 Å². The predicted molar refractivity (Wildman–Crippen MR) is 82.5 cm³/mol. The molecule has 2 aromatic heterocycles. The van der Waals surface area contributed by atoms with Gasteiger partial charge >= 0.3 is 6.01 Å². The van der Waals surface area contributed by atoms with Crippen molar-refractivity contribution in [3.8, 4) is 11.7 Å². The second-order valence-electron chi connectivity index (χ2n) is 5.09. The van der Waals surface area contributed by atoms with E-state index in [9.17, 15) is 4.79 Å². The summed E-state index contributed by atoms with van der Waals surface area (Å²) in [5.41, 5.74) is 3.19. The van der Waals surface area contributed by atoms with E-state index in [-0.39, 0.29) is 18.4 Å². The lowest BCUT2D eigenvalue weighted by molar-refractivity contribution is 0.101. The fraction of sp³-hybridized carbons (Fsp3) is 0.188. The van der Waals surface area contributed by atoms with Crippen molar-refractivity contribution in [2.45, 2.75) is 20.5 Å². The maximum absolute atomic E-state index is 11.2. The van der Waals surface area contributed by atoms with Gasteiger partial charge in [-0.15, -0.1) is 5.10 Å². The molecule has 0 amide bonds. The molecule has 7 nitrogen and oxygen atoms in total. The van der Waals surface area contributed by atoms with Crippen molar-refractivity contribution < 1.29 is 9.53 Å². The van der Waals surface area contributed by atoms with Crippen molar-refractivity contribution in [3.63, 3.8) is 0 Å². The van der Waals surface area contributed by atoms with Crippen LogP contribution >= 0.6 is 0 Å². The topological polar surface area (TPSA) is 82.8 Å². The summed E-state index contributed by atoms with van der Waals surface area (Å²) < 4.78 is 7.14. The quantitative estimate of drug-likeness (QED) is 0.672. The Labute approximate surface area is 133 Å². The summed E-state index contributed by atoms with van der Waals surface area (Å²) >= 11 is 0. The highest BCUT2D eigenvalue weighted by molar-refractivity contribution is 5.93. The van der Waals surface area contributed by atoms with E-state index in [4.69, 9.17) is 4.74 Å². The van der Waals surface area contributed by atoms with Crippen LogP contribution in [-0.2, 0) is 6.61 Å². The number of nitrogens with zero attached hydrogens (tertiary/aromatic N) is 5. The minimum Gasteiger partial charge on any atom is -0.457 e. The molecule has 23 heavy (non-hydrogen) atoms. The van der Waals surface area contributed by atoms with E-state index in [1.165, 1.54) is 19.3 Å². The monoisotopic (exact) mass is 309 g/mol. The van der Waals surface area contributed by atoms with E-state index in [2.05, 4.69) is 20.3 Å². The second-order valence-corrected chi connectivity index (χ2v) is 5.09. The maximum Gasteiger partial charge on any atom is 0.316 e. The van der Waals surface area contributed by atoms with Gasteiger partial charge in [-0.1, -0.05) is 17.3 Å². The van der Waals surface area contributed by atoms with Gasteiger partial charge in [-0.05, 0) is 31.5 Å². The number of ether oxygens (including phenoxy) is 1. The first-order chi connectivity index (χ1) is 11.1. The largest absolute Gasteiger partial charge is 0.457 e. The number of rotatable bonds is 5. The Kier molecular flexibility index (Phi) is 4.09. The Morgan fingerprint density at radius 3 is 2.74 bits per heavy atom. The van der Waals surface area contributed by atoms with Crippen LogP contribution in [0.25, 0.3) is 5.69 Å². The summed E-state index contributed by atoms with van der Waals surface area (Å²) in [6.45, 7) is 3.68. The lowest BCUT2D eigenvalue weighted by atomic mass is 10.2. The minimum absolute atomic E-state index is 0.0855. The van der Waals surface area contributed by atoms with Gasteiger partial charge in [0.05, 0.1) is 17.4 Å².